The summed E-state index contributed by atoms with van der Waals surface area (Å²) in [7, 11) is 0. The molecule has 0 amide bonds. The average Bonchev–Trinajstić information content (AvgIpc) is 2.69. The molecule has 1 aliphatic rings. The average molecular weight is 233 g/mol. The molecule has 94 valence electrons. The first-order chi connectivity index (χ1) is 8.16. The zero-order valence-electron chi connectivity index (χ0n) is 10.8. The van der Waals surface area contributed by atoms with Gasteiger partial charge in [-0.25, -0.2) is 0 Å². The normalized spacial score (nSPS) is 25.6. The van der Waals surface area contributed by atoms with E-state index in [2.05, 4.69) is 35.9 Å². The first kappa shape index (κ1) is 12.5. The van der Waals surface area contributed by atoms with Crippen LogP contribution in [-0.4, -0.2) is 35.6 Å². The Morgan fingerprint density at radius 2 is 2.24 bits per heavy atom. The van der Waals surface area contributed by atoms with Gasteiger partial charge in [0.15, 0.2) is 0 Å². The molecule has 1 aromatic rings. The summed E-state index contributed by atoms with van der Waals surface area (Å²) in [5.74, 6) is 1.34. The quantitative estimate of drug-likeness (QED) is 0.857. The molecule has 3 nitrogen and oxygen atoms in total. The maximum absolute atomic E-state index is 6.18. The van der Waals surface area contributed by atoms with Gasteiger partial charge in [-0.2, -0.15) is 0 Å². The van der Waals surface area contributed by atoms with Crippen LogP contribution < -0.4 is 5.73 Å². The molecule has 2 heterocycles. The smallest absolute Gasteiger partial charge is 0.0416 e. The molecule has 0 aliphatic carbocycles. The molecule has 0 aromatic carbocycles. The Hall–Kier alpha value is -0.930. The van der Waals surface area contributed by atoms with Crippen LogP contribution in [-0.2, 0) is 6.42 Å². The van der Waals surface area contributed by atoms with Crippen molar-refractivity contribution < 1.29 is 0 Å². The van der Waals surface area contributed by atoms with Crippen LogP contribution in [0, 0.1) is 11.8 Å². The van der Waals surface area contributed by atoms with Crippen molar-refractivity contribution in [2.75, 3.05) is 19.6 Å². The van der Waals surface area contributed by atoms with Crippen molar-refractivity contribution in [2.45, 2.75) is 26.3 Å². The molecule has 0 unspecified atom stereocenters. The van der Waals surface area contributed by atoms with Crippen molar-refractivity contribution in [2.24, 2.45) is 17.6 Å². The second-order valence-electron chi connectivity index (χ2n) is 5.40. The van der Waals surface area contributed by atoms with Crippen molar-refractivity contribution in [1.82, 2.24) is 9.88 Å². The maximum Gasteiger partial charge on any atom is 0.0416 e. The van der Waals surface area contributed by atoms with E-state index in [-0.39, 0.29) is 0 Å². The third-order valence-corrected chi connectivity index (χ3v) is 3.75. The minimum atomic E-state index is 0.346. The van der Waals surface area contributed by atoms with Gasteiger partial charge in [0.05, 0.1) is 0 Å². The largest absolute Gasteiger partial charge is 0.326 e. The lowest BCUT2D eigenvalue weighted by atomic mass is 9.92. The SMILES string of the molecule is CC(C)[C@H]1CN(CCc2ccccn2)C[C@@H]1N. The highest BCUT2D eigenvalue weighted by molar-refractivity contribution is 5.04. The highest BCUT2D eigenvalue weighted by atomic mass is 15.2. The number of nitrogens with two attached hydrogens (primary N) is 1. The zero-order valence-corrected chi connectivity index (χ0v) is 10.8. The first-order valence-electron chi connectivity index (χ1n) is 6.54. The van der Waals surface area contributed by atoms with E-state index in [1.807, 2.05) is 12.3 Å². The molecule has 3 heteroatoms. The molecular formula is C14H23N3. The fourth-order valence-corrected chi connectivity index (χ4v) is 2.65. The van der Waals surface area contributed by atoms with Gasteiger partial charge in [-0.3, -0.25) is 4.98 Å². The summed E-state index contributed by atoms with van der Waals surface area (Å²) in [5.41, 5.74) is 7.36. The summed E-state index contributed by atoms with van der Waals surface area (Å²) in [4.78, 5) is 6.83. The summed E-state index contributed by atoms with van der Waals surface area (Å²) < 4.78 is 0. The lowest BCUT2D eigenvalue weighted by Gasteiger charge is -2.18. The fraction of sp³-hybridized carbons (Fsp3) is 0.643. The van der Waals surface area contributed by atoms with E-state index in [0.717, 1.165) is 26.1 Å². The summed E-state index contributed by atoms with van der Waals surface area (Å²) in [6, 6.07) is 6.45. The van der Waals surface area contributed by atoms with E-state index in [9.17, 15) is 0 Å². The van der Waals surface area contributed by atoms with Crippen LogP contribution in [0.25, 0.3) is 0 Å². The first-order valence-corrected chi connectivity index (χ1v) is 6.54. The second kappa shape index (κ2) is 5.61. The number of likely N-dealkylation sites (tertiary alicyclic amines) is 1. The summed E-state index contributed by atoms with van der Waals surface area (Å²) in [5, 5.41) is 0. The molecular weight excluding hydrogens is 210 g/mol. The molecule has 1 saturated heterocycles. The Bertz CT molecular complexity index is 337. The molecule has 2 atom stereocenters. The Balaban J connectivity index is 1.82. The number of nitrogens with zero attached hydrogens (tertiary/aromatic N) is 2. The topological polar surface area (TPSA) is 42.2 Å². The van der Waals surface area contributed by atoms with Crippen LogP contribution >= 0.6 is 0 Å². The molecule has 0 saturated carbocycles. The van der Waals surface area contributed by atoms with Crippen LogP contribution in [0.1, 0.15) is 19.5 Å². The summed E-state index contributed by atoms with van der Waals surface area (Å²) in [6.07, 6.45) is 2.89. The van der Waals surface area contributed by atoms with E-state index < -0.39 is 0 Å². The Morgan fingerprint density at radius 3 is 2.82 bits per heavy atom. The Kier molecular flexibility index (Phi) is 4.13. The van der Waals surface area contributed by atoms with Crippen molar-refractivity contribution in [1.29, 1.82) is 0 Å². The standard InChI is InChI=1S/C14H23N3/c1-11(2)13-9-17(10-14(13)15)8-6-12-5-3-4-7-16-12/h3-5,7,11,13-14H,6,8-10,15H2,1-2H3/t13-,14+/m1/s1. The minimum Gasteiger partial charge on any atom is -0.326 e. The number of rotatable bonds is 4. The minimum absolute atomic E-state index is 0.346. The molecule has 2 N–H and O–H groups in total. The van der Waals surface area contributed by atoms with E-state index in [0.29, 0.717) is 17.9 Å². The molecule has 0 spiro atoms. The Labute approximate surface area is 104 Å². The van der Waals surface area contributed by atoms with Crippen LogP contribution in [0.4, 0.5) is 0 Å². The maximum atomic E-state index is 6.18. The molecule has 0 bridgehead atoms. The van der Waals surface area contributed by atoms with Gasteiger partial charge in [-0.05, 0) is 24.0 Å². The molecule has 0 radical (unpaired) electrons. The predicted molar refractivity (Wildman–Crippen MR) is 70.7 cm³/mol. The van der Waals surface area contributed by atoms with Gasteiger partial charge < -0.3 is 10.6 Å². The van der Waals surface area contributed by atoms with Crippen LogP contribution in [0.5, 0.6) is 0 Å². The number of aromatic nitrogens is 1. The van der Waals surface area contributed by atoms with Gasteiger partial charge in [0.25, 0.3) is 0 Å². The predicted octanol–water partition coefficient (Wildman–Crippen LogP) is 1.54. The lowest BCUT2D eigenvalue weighted by Crippen LogP contribution is -2.32. The third kappa shape index (κ3) is 3.27. The second-order valence-corrected chi connectivity index (χ2v) is 5.40. The van der Waals surface area contributed by atoms with Gasteiger partial charge in [0, 0.05) is 44.0 Å². The summed E-state index contributed by atoms with van der Waals surface area (Å²) in [6.45, 7) is 7.80. The molecule has 1 aromatic heterocycles. The van der Waals surface area contributed by atoms with E-state index in [4.69, 9.17) is 5.73 Å². The van der Waals surface area contributed by atoms with Gasteiger partial charge in [0.1, 0.15) is 0 Å². The van der Waals surface area contributed by atoms with Gasteiger partial charge in [0.2, 0.25) is 0 Å². The van der Waals surface area contributed by atoms with Crippen molar-refractivity contribution in [3.8, 4) is 0 Å². The fourth-order valence-electron chi connectivity index (χ4n) is 2.65. The molecule has 17 heavy (non-hydrogen) atoms. The Morgan fingerprint density at radius 1 is 1.41 bits per heavy atom. The van der Waals surface area contributed by atoms with Gasteiger partial charge in [-0.1, -0.05) is 19.9 Å². The van der Waals surface area contributed by atoms with Crippen LogP contribution in [0.15, 0.2) is 24.4 Å². The van der Waals surface area contributed by atoms with Gasteiger partial charge in [-0.15, -0.1) is 0 Å². The highest BCUT2D eigenvalue weighted by Crippen LogP contribution is 2.22. The molecule has 1 aliphatic heterocycles. The van der Waals surface area contributed by atoms with E-state index >= 15 is 0 Å². The van der Waals surface area contributed by atoms with Crippen LogP contribution in [0.2, 0.25) is 0 Å². The monoisotopic (exact) mass is 233 g/mol. The number of hydrogen-bond acceptors (Lipinski definition) is 3. The number of pyridine rings is 1. The number of hydrogen-bond donors (Lipinski definition) is 1. The lowest BCUT2D eigenvalue weighted by molar-refractivity contribution is 0.305. The van der Waals surface area contributed by atoms with E-state index in [1.54, 1.807) is 0 Å². The van der Waals surface area contributed by atoms with Crippen molar-refractivity contribution >= 4 is 0 Å². The third-order valence-electron chi connectivity index (χ3n) is 3.75. The molecule has 2 rings (SSSR count). The zero-order chi connectivity index (χ0) is 12.3. The molecule has 1 fully saturated rings. The highest BCUT2D eigenvalue weighted by Gasteiger charge is 2.31. The summed E-state index contributed by atoms with van der Waals surface area (Å²) >= 11 is 0. The van der Waals surface area contributed by atoms with Crippen LogP contribution in [0.3, 0.4) is 0 Å². The van der Waals surface area contributed by atoms with Gasteiger partial charge >= 0.3 is 0 Å². The van der Waals surface area contributed by atoms with Crippen molar-refractivity contribution in [3.05, 3.63) is 30.1 Å². The van der Waals surface area contributed by atoms with Crippen molar-refractivity contribution in [3.63, 3.8) is 0 Å². The van der Waals surface area contributed by atoms with E-state index in [1.165, 1.54) is 5.69 Å².